The SMILES string of the molecule is CC(=O)CF.COc1cccc(OCC(=O)Nc2cc(C3CCC(OC(=O)NC4(C)CCC4)C3)[nH]n2)c1C=O. The topological polar surface area (TPSA) is 149 Å². The zero-order valence-electron chi connectivity index (χ0n) is 22.4. The number of H-pyrrole nitrogens is 1. The summed E-state index contributed by atoms with van der Waals surface area (Å²) in [5.74, 6) is 0.359. The molecule has 39 heavy (non-hydrogen) atoms. The van der Waals surface area contributed by atoms with E-state index >= 15 is 0 Å². The van der Waals surface area contributed by atoms with Crippen LogP contribution in [0.25, 0.3) is 0 Å². The van der Waals surface area contributed by atoms with Crippen molar-refractivity contribution in [2.75, 3.05) is 25.7 Å². The first-order chi connectivity index (χ1) is 18.7. The number of ketones is 1. The van der Waals surface area contributed by atoms with Crippen molar-refractivity contribution in [3.63, 3.8) is 0 Å². The Morgan fingerprint density at radius 1 is 1.23 bits per heavy atom. The molecule has 2 unspecified atom stereocenters. The van der Waals surface area contributed by atoms with Gasteiger partial charge in [-0.25, -0.2) is 9.18 Å². The number of aromatic amines is 1. The fourth-order valence-electron chi connectivity index (χ4n) is 4.46. The largest absolute Gasteiger partial charge is 0.496 e. The number of carbonyl (C=O) groups excluding carboxylic acids is 4. The van der Waals surface area contributed by atoms with E-state index in [1.807, 2.05) is 6.92 Å². The molecule has 0 radical (unpaired) electrons. The first-order valence-electron chi connectivity index (χ1n) is 12.8. The predicted octanol–water partition coefficient (Wildman–Crippen LogP) is 4.10. The van der Waals surface area contributed by atoms with Crippen molar-refractivity contribution in [1.29, 1.82) is 0 Å². The Hall–Kier alpha value is -3.96. The van der Waals surface area contributed by atoms with E-state index in [0.29, 0.717) is 24.3 Å². The number of anilines is 1. The van der Waals surface area contributed by atoms with Crippen LogP contribution in [0.2, 0.25) is 0 Å². The number of alkyl carbamates (subject to hydrolysis) is 1. The summed E-state index contributed by atoms with van der Waals surface area (Å²) in [4.78, 5) is 45.3. The molecule has 12 heteroatoms. The van der Waals surface area contributed by atoms with Gasteiger partial charge in [-0.15, -0.1) is 0 Å². The van der Waals surface area contributed by atoms with Crippen LogP contribution in [0, 0.1) is 0 Å². The van der Waals surface area contributed by atoms with E-state index in [1.54, 1.807) is 24.3 Å². The number of nitrogens with one attached hydrogen (secondary N) is 3. The average molecular weight is 547 g/mol. The highest BCUT2D eigenvalue weighted by Crippen LogP contribution is 2.36. The van der Waals surface area contributed by atoms with Gasteiger partial charge >= 0.3 is 6.09 Å². The number of hydrogen-bond donors (Lipinski definition) is 3. The highest BCUT2D eigenvalue weighted by atomic mass is 19.1. The summed E-state index contributed by atoms with van der Waals surface area (Å²) < 4.78 is 27.0. The van der Waals surface area contributed by atoms with Crippen molar-refractivity contribution >= 4 is 29.9 Å². The molecule has 0 bridgehead atoms. The van der Waals surface area contributed by atoms with Crippen molar-refractivity contribution in [3.05, 3.63) is 35.5 Å². The maximum Gasteiger partial charge on any atom is 0.407 e. The molecule has 2 aromatic rings. The van der Waals surface area contributed by atoms with Gasteiger partial charge in [-0.05, 0) is 64.5 Å². The molecule has 0 spiro atoms. The van der Waals surface area contributed by atoms with E-state index in [-0.39, 0.29) is 41.6 Å². The van der Waals surface area contributed by atoms with Gasteiger partial charge in [0.1, 0.15) is 24.3 Å². The number of aldehydes is 1. The maximum atomic E-state index is 12.3. The number of amides is 2. The molecule has 3 N–H and O–H groups in total. The number of alkyl halides is 1. The molecule has 2 amide bonds. The third-order valence-electron chi connectivity index (χ3n) is 6.73. The van der Waals surface area contributed by atoms with Crippen LogP contribution in [0.4, 0.5) is 15.0 Å². The van der Waals surface area contributed by atoms with Gasteiger partial charge in [0.2, 0.25) is 0 Å². The molecule has 1 aromatic carbocycles. The molecule has 2 fully saturated rings. The molecule has 1 aromatic heterocycles. The van der Waals surface area contributed by atoms with Crippen LogP contribution in [-0.2, 0) is 14.3 Å². The second kappa shape index (κ2) is 13.7. The highest BCUT2D eigenvalue weighted by molar-refractivity contribution is 5.91. The standard InChI is InChI=1S/C24H30N4O6.C3H5FO/c1-24(9-4-10-24)26-23(31)34-16-8-7-15(11-16)18-12-21(28-27-18)25-22(30)14-33-20-6-3-5-19(32-2)17(20)13-29;1-3(5)2-4/h3,5-6,12-13,15-16H,4,7-11,14H2,1-2H3,(H,26,31)(H2,25,27,28,30);2H2,1H3. The Morgan fingerprint density at radius 3 is 2.56 bits per heavy atom. The van der Waals surface area contributed by atoms with Crippen LogP contribution in [0.5, 0.6) is 11.5 Å². The molecule has 0 saturated heterocycles. The summed E-state index contributed by atoms with van der Waals surface area (Å²) in [5.41, 5.74) is 0.995. The number of carbonyl (C=O) groups is 4. The monoisotopic (exact) mass is 546 g/mol. The van der Waals surface area contributed by atoms with Crippen molar-refractivity contribution in [2.45, 2.75) is 69.9 Å². The van der Waals surface area contributed by atoms with Crippen LogP contribution >= 0.6 is 0 Å². The van der Waals surface area contributed by atoms with E-state index in [4.69, 9.17) is 14.2 Å². The molecule has 2 atom stereocenters. The summed E-state index contributed by atoms with van der Waals surface area (Å²) in [5, 5.41) is 12.8. The first-order valence-corrected chi connectivity index (χ1v) is 12.8. The average Bonchev–Trinajstić information content (AvgIpc) is 3.56. The molecule has 4 rings (SSSR count). The van der Waals surface area contributed by atoms with Gasteiger partial charge in [-0.1, -0.05) is 6.07 Å². The van der Waals surface area contributed by atoms with Crippen LogP contribution in [0.3, 0.4) is 0 Å². The van der Waals surface area contributed by atoms with Crippen LogP contribution in [-0.4, -0.2) is 66.3 Å². The van der Waals surface area contributed by atoms with E-state index in [0.717, 1.165) is 37.8 Å². The minimum absolute atomic E-state index is 0.128. The van der Waals surface area contributed by atoms with Gasteiger partial charge in [0, 0.05) is 23.2 Å². The number of benzene rings is 1. The molecular formula is C27H35FN4O7. The number of ether oxygens (including phenoxy) is 3. The Morgan fingerprint density at radius 2 is 1.95 bits per heavy atom. The second-order valence-corrected chi connectivity index (χ2v) is 9.95. The van der Waals surface area contributed by atoms with Crippen molar-refractivity contribution in [1.82, 2.24) is 15.5 Å². The number of methoxy groups -OCH3 is 1. The van der Waals surface area contributed by atoms with Crippen LogP contribution in [0.15, 0.2) is 24.3 Å². The number of hydrogen-bond acceptors (Lipinski definition) is 8. The summed E-state index contributed by atoms with van der Waals surface area (Å²) >= 11 is 0. The lowest BCUT2D eigenvalue weighted by atomic mass is 9.79. The van der Waals surface area contributed by atoms with Crippen molar-refractivity contribution < 1.29 is 37.8 Å². The van der Waals surface area contributed by atoms with E-state index in [1.165, 1.54) is 14.0 Å². The fourth-order valence-corrected chi connectivity index (χ4v) is 4.46. The fraction of sp³-hybridized carbons (Fsp3) is 0.519. The zero-order chi connectivity index (χ0) is 28.4. The number of Topliss-reactive ketones (excluding diaryl/α,β-unsaturated/α-hetero) is 1. The number of rotatable bonds is 10. The van der Waals surface area contributed by atoms with Crippen molar-refractivity contribution in [3.8, 4) is 11.5 Å². The van der Waals surface area contributed by atoms with Gasteiger partial charge in [-0.3, -0.25) is 19.5 Å². The Kier molecular flexibility index (Phi) is 10.4. The Labute approximate surface area is 226 Å². The summed E-state index contributed by atoms with van der Waals surface area (Å²) in [6, 6.07) is 6.69. The van der Waals surface area contributed by atoms with Crippen molar-refractivity contribution in [2.24, 2.45) is 0 Å². The third kappa shape index (κ3) is 8.52. The molecular weight excluding hydrogens is 511 g/mol. The minimum Gasteiger partial charge on any atom is -0.496 e. The van der Waals surface area contributed by atoms with E-state index < -0.39 is 18.4 Å². The van der Waals surface area contributed by atoms with Gasteiger partial charge in [0.05, 0.1) is 12.7 Å². The molecule has 11 nitrogen and oxygen atoms in total. The Balaban J connectivity index is 0.000000771. The van der Waals surface area contributed by atoms with E-state index in [2.05, 4.69) is 20.8 Å². The van der Waals surface area contributed by atoms with Gasteiger partial charge < -0.3 is 24.8 Å². The van der Waals surface area contributed by atoms with Gasteiger partial charge in [0.25, 0.3) is 5.91 Å². The van der Waals surface area contributed by atoms with E-state index in [9.17, 15) is 23.6 Å². The lowest BCUT2D eigenvalue weighted by Crippen LogP contribution is -2.51. The molecule has 2 saturated carbocycles. The quantitative estimate of drug-likeness (QED) is 0.377. The van der Waals surface area contributed by atoms with Crippen LogP contribution < -0.4 is 20.1 Å². The molecule has 212 valence electrons. The van der Waals surface area contributed by atoms with Gasteiger partial charge in [0.15, 0.2) is 24.5 Å². The number of nitrogens with zero attached hydrogens (tertiary/aromatic N) is 1. The lowest BCUT2D eigenvalue weighted by Gasteiger charge is -2.38. The predicted molar refractivity (Wildman–Crippen MR) is 140 cm³/mol. The molecule has 1 heterocycles. The molecule has 2 aliphatic carbocycles. The van der Waals surface area contributed by atoms with Gasteiger partial charge in [-0.2, -0.15) is 5.10 Å². The lowest BCUT2D eigenvalue weighted by molar-refractivity contribution is -0.118. The smallest absolute Gasteiger partial charge is 0.407 e. The highest BCUT2D eigenvalue weighted by Gasteiger charge is 2.36. The second-order valence-electron chi connectivity index (χ2n) is 9.95. The minimum atomic E-state index is -0.833. The molecule has 2 aliphatic rings. The number of aromatic nitrogens is 2. The summed E-state index contributed by atoms with van der Waals surface area (Å²) in [6.07, 6.45) is 5.59. The zero-order valence-corrected chi connectivity index (χ0v) is 22.4. The third-order valence-corrected chi connectivity index (χ3v) is 6.73. The first kappa shape index (κ1) is 29.6. The number of halogens is 1. The normalized spacial score (nSPS) is 19.0. The Bertz CT molecular complexity index is 1160. The summed E-state index contributed by atoms with van der Waals surface area (Å²) in [6.45, 7) is 2.13. The summed E-state index contributed by atoms with van der Waals surface area (Å²) in [7, 11) is 1.46. The van der Waals surface area contributed by atoms with Crippen LogP contribution in [0.1, 0.15) is 74.3 Å². The maximum absolute atomic E-state index is 12.3. The molecule has 0 aliphatic heterocycles.